The number of fused-ring (bicyclic) bond motifs is 1. The molecule has 0 spiro atoms. The Kier molecular flexibility index (Phi) is 8.69. The van der Waals surface area contributed by atoms with Crippen LogP contribution in [0.5, 0.6) is 17.2 Å². The molecule has 0 radical (unpaired) electrons. The number of benzene rings is 3. The molecule has 2 aliphatic rings. The first-order valence-electron chi connectivity index (χ1n) is 12.9. The number of carbonyl (C=O) groups is 1. The topological polar surface area (TPSA) is 111 Å². The summed E-state index contributed by atoms with van der Waals surface area (Å²) < 4.78 is 23.8. The molecule has 0 saturated carbocycles. The zero-order valence-electron chi connectivity index (χ0n) is 21.8. The van der Waals surface area contributed by atoms with Crippen LogP contribution in [0.25, 0.3) is 0 Å². The number of hydrazine groups is 1. The number of nitrogens with zero attached hydrogens (tertiary/aromatic N) is 1. The summed E-state index contributed by atoms with van der Waals surface area (Å²) in [6.07, 6.45) is 1.78. The fourth-order valence-corrected chi connectivity index (χ4v) is 4.82. The first-order valence-corrected chi connectivity index (χ1v) is 13.7. The number of rotatable bonds is 12. The lowest BCUT2D eigenvalue weighted by Gasteiger charge is -2.29. The third kappa shape index (κ3) is 5.99. The number of aliphatic hydroxyl groups is 1. The van der Waals surface area contributed by atoms with Gasteiger partial charge in [0.2, 0.25) is 12.7 Å². The molecule has 0 saturated heterocycles. The van der Waals surface area contributed by atoms with Gasteiger partial charge in [0, 0.05) is 36.0 Å². The Morgan fingerprint density at radius 1 is 1.12 bits per heavy atom. The van der Waals surface area contributed by atoms with Gasteiger partial charge in [0.25, 0.3) is 5.91 Å². The van der Waals surface area contributed by atoms with Crippen LogP contribution in [0.2, 0.25) is 0 Å². The van der Waals surface area contributed by atoms with E-state index in [1.807, 2.05) is 66.7 Å². The Hall–Kier alpha value is -3.86. The van der Waals surface area contributed by atoms with Gasteiger partial charge in [0.05, 0.1) is 6.61 Å². The van der Waals surface area contributed by atoms with Crippen LogP contribution in [0.1, 0.15) is 35.6 Å². The van der Waals surface area contributed by atoms with Crippen LogP contribution in [0.4, 0.5) is 0 Å². The van der Waals surface area contributed by atoms with E-state index < -0.39 is 11.6 Å². The summed E-state index contributed by atoms with van der Waals surface area (Å²) in [5.41, 5.74) is 7.00. The number of halogens is 1. The number of nitrogens with one attached hydrogen (secondary N) is 2. The highest BCUT2D eigenvalue weighted by Gasteiger charge is 2.52. The molecule has 9 nitrogen and oxygen atoms in total. The summed E-state index contributed by atoms with van der Waals surface area (Å²) in [7, 11) is 0. The standard InChI is InChI=1S/C30H30BrN3O6/c1-2-14-30(29(36)34-32-18-20-4-13-25-26(17-20)39-19-38-25)27(21-5-9-23(31)10-6-21)40-28(33-30)22-7-11-24(12-8-22)37-16-3-15-35/h2,4-13,17,27,32,35H,1,3,14-16,18-19H2,(H,34,36)/t27-,30-/m0/s1. The van der Waals surface area contributed by atoms with Crippen molar-refractivity contribution in [2.75, 3.05) is 20.0 Å². The molecule has 0 bridgehead atoms. The van der Waals surface area contributed by atoms with Gasteiger partial charge in [-0.25, -0.2) is 10.4 Å². The fraction of sp³-hybridized carbons (Fsp3) is 0.267. The predicted octanol–water partition coefficient (Wildman–Crippen LogP) is 4.59. The van der Waals surface area contributed by atoms with Crippen molar-refractivity contribution in [2.45, 2.75) is 31.0 Å². The summed E-state index contributed by atoms with van der Waals surface area (Å²) in [4.78, 5) is 18.7. The quantitative estimate of drug-likeness (QED) is 0.157. The van der Waals surface area contributed by atoms with E-state index in [9.17, 15) is 4.79 Å². The lowest BCUT2D eigenvalue weighted by Crippen LogP contribution is -2.52. The molecule has 40 heavy (non-hydrogen) atoms. The molecule has 3 aromatic rings. The molecule has 0 aliphatic carbocycles. The molecule has 2 aliphatic heterocycles. The molecule has 3 aromatic carbocycles. The number of amides is 1. The van der Waals surface area contributed by atoms with Gasteiger partial charge in [-0.2, -0.15) is 0 Å². The maximum absolute atomic E-state index is 13.9. The monoisotopic (exact) mass is 607 g/mol. The molecule has 10 heteroatoms. The van der Waals surface area contributed by atoms with E-state index in [1.165, 1.54) is 0 Å². The van der Waals surface area contributed by atoms with Gasteiger partial charge in [-0.15, -0.1) is 6.58 Å². The van der Waals surface area contributed by atoms with Crippen LogP contribution >= 0.6 is 15.9 Å². The molecular weight excluding hydrogens is 578 g/mol. The number of ether oxygens (including phenoxy) is 4. The van der Waals surface area contributed by atoms with Gasteiger partial charge in [-0.3, -0.25) is 10.2 Å². The number of aliphatic imine (C=N–C) groups is 1. The Morgan fingerprint density at radius 2 is 1.90 bits per heavy atom. The number of hydrogen-bond donors (Lipinski definition) is 3. The highest BCUT2D eigenvalue weighted by atomic mass is 79.9. The zero-order chi connectivity index (χ0) is 28.0. The van der Waals surface area contributed by atoms with Crippen molar-refractivity contribution in [3.63, 3.8) is 0 Å². The summed E-state index contributed by atoms with van der Waals surface area (Å²) in [6.45, 7) is 4.96. The summed E-state index contributed by atoms with van der Waals surface area (Å²) in [6, 6.07) is 20.6. The van der Waals surface area contributed by atoms with E-state index in [2.05, 4.69) is 33.4 Å². The normalized spacial score (nSPS) is 19.1. The second kappa shape index (κ2) is 12.5. The van der Waals surface area contributed by atoms with E-state index in [4.69, 9.17) is 29.0 Å². The predicted molar refractivity (Wildman–Crippen MR) is 153 cm³/mol. The van der Waals surface area contributed by atoms with Crippen molar-refractivity contribution < 1.29 is 28.8 Å². The van der Waals surface area contributed by atoms with E-state index in [1.54, 1.807) is 6.08 Å². The van der Waals surface area contributed by atoms with Crippen LogP contribution in [0.15, 0.2) is 88.9 Å². The Bertz CT molecular complexity index is 1380. The van der Waals surface area contributed by atoms with Gasteiger partial charge in [0.1, 0.15) is 5.75 Å². The minimum atomic E-state index is -1.30. The van der Waals surface area contributed by atoms with Crippen LogP contribution in [-0.2, 0) is 16.1 Å². The largest absolute Gasteiger partial charge is 0.494 e. The van der Waals surface area contributed by atoms with Crippen molar-refractivity contribution in [1.29, 1.82) is 0 Å². The molecule has 2 heterocycles. The minimum Gasteiger partial charge on any atom is -0.494 e. The fourth-order valence-electron chi connectivity index (χ4n) is 4.56. The lowest BCUT2D eigenvalue weighted by molar-refractivity contribution is -0.129. The molecule has 3 N–H and O–H groups in total. The van der Waals surface area contributed by atoms with E-state index >= 15 is 0 Å². The Labute approximate surface area is 240 Å². The maximum Gasteiger partial charge on any atom is 0.266 e. The van der Waals surface area contributed by atoms with Crippen molar-refractivity contribution in [2.24, 2.45) is 4.99 Å². The van der Waals surface area contributed by atoms with E-state index in [0.717, 1.165) is 15.6 Å². The number of carbonyl (C=O) groups excluding carboxylic acids is 1. The molecule has 5 rings (SSSR count). The smallest absolute Gasteiger partial charge is 0.266 e. The lowest BCUT2D eigenvalue weighted by atomic mass is 9.84. The SMILES string of the molecule is C=CC[C@]1(C(=O)NNCc2ccc3c(c2)OCO3)N=C(c2ccc(OCCCO)cc2)O[C@H]1c1ccc(Br)cc1. The summed E-state index contributed by atoms with van der Waals surface area (Å²) in [5, 5.41) is 8.98. The first kappa shape index (κ1) is 27.7. The molecule has 0 unspecified atom stereocenters. The van der Waals surface area contributed by atoms with Crippen LogP contribution in [0.3, 0.4) is 0 Å². The minimum absolute atomic E-state index is 0.0686. The molecule has 2 atom stereocenters. The number of hydrogen-bond acceptors (Lipinski definition) is 8. The van der Waals surface area contributed by atoms with Gasteiger partial charge in [-0.05, 0) is 59.7 Å². The van der Waals surface area contributed by atoms with Gasteiger partial charge in [0.15, 0.2) is 23.1 Å². The first-order chi connectivity index (χ1) is 19.5. The average molecular weight is 608 g/mol. The Balaban J connectivity index is 1.38. The van der Waals surface area contributed by atoms with Crippen molar-refractivity contribution in [3.8, 4) is 17.2 Å². The Morgan fingerprint density at radius 3 is 2.65 bits per heavy atom. The zero-order valence-corrected chi connectivity index (χ0v) is 23.4. The second-order valence-electron chi connectivity index (χ2n) is 9.33. The van der Waals surface area contributed by atoms with E-state index in [-0.39, 0.29) is 25.7 Å². The maximum atomic E-state index is 13.9. The molecular formula is C30H30BrN3O6. The summed E-state index contributed by atoms with van der Waals surface area (Å²) >= 11 is 3.48. The van der Waals surface area contributed by atoms with E-state index in [0.29, 0.717) is 48.3 Å². The highest BCUT2D eigenvalue weighted by molar-refractivity contribution is 9.10. The third-order valence-corrected chi connectivity index (χ3v) is 7.12. The van der Waals surface area contributed by atoms with Crippen LogP contribution < -0.4 is 25.1 Å². The van der Waals surface area contributed by atoms with Crippen LogP contribution in [0, 0.1) is 0 Å². The molecule has 0 fully saturated rings. The average Bonchev–Trinajstić information content (AvgIpc) is 3.60. The van der Waals surface area contributed by atoms with Gasteiger partial charge >= 0.3 is 0 Å². The van der Waals surface area contributed by atoms with Crippen LogP contribution in [-0.4, -0.2) is 42.5 Å². The van der Waals surface area contributed by atoms with Gasteiger partial charge < -0.3 is 24.1 Å². The van der Waals surface area contributed by atoms with Crippen molar-refractivity contribution >= 4 is 27.7 Å². The molecule has 208 valence electrons. The van der Waals surface area contributed by atoms with Crippen molar-refractivity contribution in [3.05, 3.63) is 101 Å². The third-order valence-electron chi connectivity index (χ3n) is 6.59. The summed E-state index contributed by atoms with van der Waals surface area (Å²) in [5.74, 6) is 2.04. The molecule has 1 amide bonds. The van der Waals surface area contributed by atoms with Crippen molar-refractivity contribution in [1.82, 2.24) is 10.9 Å². The molecule has 0 aromatic heterocycles. The van der Waals surface area contributed by atoms with Gasteiger partial charge in [-0.1, -0.05) is 40.2 Å². The second-order valence-corrected chi connectivity index (χ2v) is 10.2. The highest BCUT2D eigenvalue weighted by Crippen LogP contribution is 2.43. The number of aliphatic hydroxyl groups excluding tert-OH is 1.